The summed E-state index contributed by atoms with van der Waals surface area (Å²) >= 11 is 0. The van der Waals surface area contributed by atoms with Crippen molar-refractivity contribution in [1.29, 1.82) is 0 Å². The molecule has 5 nitrogen and oxygen atoms in total. The van der Waals surface area contributed by atoms with E-state index in [1.807, 2.05) is 6.92 Å². The normalized spacial score (nSPS) is 10.4. The highest BCUT2D eigenvalue weighted by atomic mass is 16.4. The molecule has 6 heteroatoms. The molecule has 0 aromatic carbocycles. The number of hydrogen-bond donors (Lipinski definition) is 1. The molecule has 2 aromatic heterocycles. The number of aromatic nitrogens is 3. The van der Waals surface area contributed by atoms with E-state index in [0.717, 1.165) is 5.56 Å². The van der Waals surface area contributed by atoms with Gasteiger partial charge in [-0.25, -0.2) is 9.89 Å². The van der Waals surface area contributed by atoms with Crippen LogP contribution in [0.4, 0.5) is 0 Å². The maximum Gasteiger partial charge on any atom is 0.434 e. The third kappa shape index (κ3) is 1.46. The molecule has 2 radical (unpaired) electrons. The highest BCUT2D eigenvalue weighted by Gasteiger charge is 2.06. The third-order valence-electron chi connectivity index (χ3n) is 1.81. The molecule has 0 saturated heterocycles. The predicted molar refractivity (Wildman–Crippen MR) is 50.5 cm³/mol. The predicted octanol–water partition coefficient (Wildman–Crippen LogP) is -0.473. The molecule has 0 atom stereocenters. The van der Waals surface area contributed by atoms with Gasteiger partial charge in [-0.05, 0) is 13.0 Å². The summed E-state index contributed by atoms with van der Waals surface area (Å²) in [6.07, 6.45) is 1.50. The standard InChI is InChI=1S/C8H6BN3O2/c1-4-2-6(10-3-5(4)9)7-11-12-8(13)14-7/h2-3H,1H3,(H,12,13). The molecule has 2 rings (SSSR count). The molecule has 0 aliphatic carbocycles. The Morgan fingerprint density at radius 1 is 1.57 bits per heavy atom. The van der Waals surface area contributed by atoms with E-state index in [2.05, 4.69) is 15.2 Å². The molecule has 0 unspecified atom stereocenters. The second-order valence-electron chi connectivity index (χ2n) is 2.84. The van der Waals surface area contributed by atoms with Gasteiger partial charge in [0.2, 0.25) is 0 Å². The van der Waals surface area contributed by atoms with Crippen LogP contribution in [-0.4, -0.2) is 23.0 Å². The first-order valence-electron chi connectivity index (χ1n) is 3.95. The van der Waals surface area contributed by atoms with Crippen molar-refractivity contribution in [3.8, 4) is 11.6 Å². The minimum atomic E-state index is -0.601. The summed E-state index contributed by atoms with van der Waals surface area (Å²) in [4.78, 5) is 14.7. The van der Waals surface area contributed by atoms with E-state index in [9.17, 15) is 4.79 Å². The number of nitrogens with one attached hydrogen (secondary N) is 1. The minimum Gasteiger partial charge on any atom is -0.386 e. The maximum absolute atomic E-state index is 10.7. The van der Waals surface area contributed by atoms with E-state index in [1.165, 1.54) is 6.20 Å². The van der Waals surface area contributed by atoms with E-state index >= 15 is 0 Å². The monoisotopic (exact) mass is 187 g/mol. The van der Waals surface area contributed by atoms with Crippen LogP contribution in [0.25, 0.3) is 11.6 Å². The van der Waals surface area contributed by atoms with Crippen molar-refractivity contribution in [1.82, 2.24) is 15.2 Å². The SMILES string of the molecule is [B]c1cnc(-c2n[nH]c(=O)o2)cc1C. The van der Waals surface area contributed by atoms with Crippen LogP contribution in [0.1, 0.15) is 5.56 Å². The number of rotatable bonds is 1. The van der Waals surface area contributed by atoms with Gasteiger partial charge >= 0.3 is 5.76 Å². The molecule has 0 saturated carbocycles. The van der Waals surface area contributed by atoms with Gasteiger partial charge in [0.05, 0.1) is 0 Å². The smallest absolute Gasteiger partial charge is 0.386 e. The number of aromatic amines is 1. The van der Waals surface area contributed by atoms with Crippen molar-refractivity contribution >= 4 is 13.3 Å². The van der Waals surface area contributed by atoms with Gasteiger partial charge in [0.25, 0.3) is 5.89 Å². The summed E-state index contributed by atoms with van der Waals surface area (Å²) in [5, 5.41) is 5.81. The van der Waals surface area contributed by atoms with Crippen molar-refractivity contribution in [2.75, 3.05) is 0 Å². The minimum absolute atomic E-state index is 0.165. The number of hydrogen-bond acceptors (Lipinski definition) is 4. The molecular weight excluding hydrogens is 181 g/mol. The maximum atomic E-state index is 10.7. The molecule has 2 aromatic rings. The Hall–Kier alpha value is -1.85. The topological polar surface area (TPSA) is 71.8 Å². The van der Waals surface area contributed by atoms with Gasteiger partial charge in [0.1, 0.15) is 13.5 Å². The summed E-state index contributed by atoms with van der Waals surface area (Å²) in [5.74, 6) is -0.436. The molecule has 2 heterocycles. The average molecular weight is 187 g/mol. The van der Waals surface area contributed by atoms with E-state index in [4.69, 9.17) is 12.3 Å². The first-order chi connectivity index (χ1) is 6.66. The lowest BCUT2D eigenvalue weighted by atomic mass is 9.93. The number of H-pyrrole nitrogens is 1. The Kier molecular flexibility index (Phi) is 1.96. The van der Waals surface area contributed by atoms with Crippen molar-refractivity contribution < 1.29 is 4.42 Å². The van der Waals surface area contributed by atoms with Crippen molar-refractivity contribution in [2.45, 2.75) is 6.92 Å². The fourth-order valence-electron chi connectivity index (χ4n) is 1.02. The second kappa shape index (κ2) is 3.14. The summed E-state index contributed by atoms with van der Waals surface area (Å²) in [7, 11) is 5.59. The van der Waals surface area contributed by atoms with Gasteiger partial charge in [-0.15, -0.1) is 5.10 Å². The largest absolute Gasteiger partial charge is 0.434 e. The van der Waals surface area contributed by atoms with E-state index < -0.39 is 5.76 Å². The van der Waals surface area contributed by atoms with Crippen LogP contribution >= 0.6 is 0 Å². The van der Waals surface area contributed by atoms with Crippen molar-refractivity contribution in [2.24, 2.45) is 0 Å². The van der Waals surface area contributed by atoms with Gasteiger partial charge < -0.3 is 4.42 Å². The van der Waals surface area contributed by atoms with E-state index in [-0.39, 0.29) is 5.89 Å². The number of nitrogens with zero attached hydrogens (tertiary/aromatic N) is 2. The molecule has 0 bridgehead atoms. The summed E-state index contributed by atoms with van der Waals surface area (Å²) < 4.78 is 4.74. The Morgan fingerprint density at radius 2 is 2.36 bits per heavy atom. The zero-order chi connectivity index (χ0) is 10.1. The molecule has 1 N–H and O–H groups in total. The highest BCUT2D eigenvalue weighted by Crippen LogP contribution is 2.10. The molecule has 68 valence electrons. The van der Waals surface area contributed by atoms with E-state index in [0.29, 0.717) is 11.2 Å². The van der Waals surface area contributed by atoms with E-state index in [1.54, 1.807) is 6.07 Å². The third-order valence-corrected chi connectivity index (χ3v) is 1.81. The highest BCUT2D eigenvalue weighted by molar-refractivity contribution is 6.33. The quantitative estimate of drug-likeness (QED) is 0.612. The number of pyridine rings is 1. The molecular formula is C8H6BN3O2. The molecule has 14 heavy (non-hydrogen) atoms. The Labute approximate surface area is 80.6 Å². The molecule has 0 spiro atoms. The van der Waals surface area contributed by atoms with Gasteiger partial charge in [0, 0.05) is 6.20 Å². The van der Waals surface area contributed by atoms with Crippen molar-refractivity contribution in [3.05, 3.63) is 28.4 Å². The number of aryl methyl sites for hydroxylation is 1. The fraction of sp³-hybridized carbons (Fsp3) is 0.125. The van der Waals surface area contributed by atoms with Crippen LogP contribution in [0.5, 0.6) is 0 Å². The zero-order valence-electron chi connectivity index (χ0n) is 7.44. The van der Waals surface area contributed by atoms with Gasteiger partial charge in [-0.3, -0.25) is 4.98 Å². The summed E-state index contributed by atoms with van der Waals surface area (Å²) in [5.41, 5.74) is 1.93. The van der Waals surface area contributed by atoms with Crippen LogP contribution in [0, 0.1) is 6.92 Å². The van der Waals surface area contributed by atoms with Crippen LogP contribution in [0.3, 0.4) is 0 Å². The van der Waals surface area contributed by atoms with Crippen LogP contribution in [0.2, 0.25) is 0 Å². The lowest BCUT2D eigenvalue weighted by molar-refractivity contribution is 0.525. The second-order valence-corrected chi connectivity index (χ2v) is 2.84. The van der Waals surface area contributed by atoms with Crippen LogP contribution < -0.4 is 11.2 Å². The van der Waals surface area contributed by atoms with Crippen LogP contribution in [0.15, 0.2) is 21.5 Å². The molecule has 0 aliphatic rings. The Balaban J connectivity index is 2.52. The lowest BCUT2D eigenvalue weighted by Gasteiger charge is -1.99. The van der Waals surface area contributed by atoms with Crippen LogP contribution in [-0.2, 0) is 0 Å². The molecule has 0 amide bonds. The summed E-state index contributed by atoms with van der Waals surface area (Å²) in [6.45, 7) is 1.84. The summed E-state index contributed by atoms with van der Waals surface area (Å²) in [6, 6.07) is 1.70. The Bertz CT molecular complexity index is 517. The van der Waals surface area contributed by atoms with Gasteiger partial charge in [0.15, 0.2) is 0 Å². The van der Waals surface area contributed by atoms with Crippen molar-refractivity contribution in [3.63, 3.8) is 0 Å². The first kappa shape index (κ1) is 8.74. The molecule has 0 fully saturated rings. The average Bonchev–Trinajstić information content (AvgIpc) is 2.57. The van der Waals surface area contributed by atoms with Gasteiger partial charge in [-0.1, -0.05) is 11.0 Å². The zero-order valence-corrected chi connectivity index (χ0v) is 7.44. The fourth-order valence-corrected chi connectivity index (χ4v) is 1.02. The lowest BCUT2D eigenvalue weighted by Crippen LogP contribution is -2.08. The van der Waals surface area contributed by atoms with Gasteiger partial charge in [-0.2, -0.15) is 0 Å². The first-order valence-corrected chi connectivity index (χ1v) is 3.95. The Morgan fingerprint density at radius 3 is 2.93 bits per heavy atom. The molecule has 0 aliphatic heterocycles.